The van der Waals surface area contributed by atoms with Gasteiger partial charge in [0, 0.05) is 35.6 Å². The molecule has 1 fully saturated rings. The van der Waals surface area contributed by atoms with Crippen molar-refractivity contribution in [1.82, 2.24) is 9.88 Å². The van der Waals surface area contributed by atoms with Gasteiger partial charge in [0.2, 0.25) is 5.91 Å². The van der Waals surface area contributed by atoms with E-state index in [-0.39, 0.29) is 11.9 Å². The molecule has 108 valence electrons. The molecule has 2 N–H and O–H groups in total. The van der Waals surface area contributed by atoms with Crippen molar-refractivity contribution in [3.63, 3.8) is 0 Å². The van der Waals surface area contributed by atoms with Crippen LogP contribution in [0.25, 0.3) is 17.0 Å². The molecule has 1 aliphatic heterocycles. The van der Waals surface area contributed by atoms with Crippen molar-refractivity contribution in [2.45, 2.75) is 12.5 Å². The first kappa shape index (κ1) is 14.0. The fraction of sp³-hybridized carbons (Fsp3) is 0.250. The van der Waals surface area contributed by atoms with E-state index in [4.69, 9.17) is 17.3 Å². The van der Waals surface area contributed by atoms with Gasteiger partial charge in [-0.15, -0.1) is 0 Å². The number of halogens is 1. The lowest BCUT2D eigenvalue weighted by Gasteiger charge is -2.12. The van der Waals surface area contributed by atoms with Gasteiger partial charge in [0.1, 0.15) is 0 Å². The molecule has 2 heterocycles. The van der Waals surface area contributed by atoms with Crippen LogP contribution in [0.1, 0.15) is 12.1 Å². The molecule has 0 unspecified atom stereocenters. The summed E-state index contributed by atoms with van der Waals surface area (Å²) in [6.45, 7) is 1.36. The average molecular weight is 302 g/mol. The first-order valence-electron chi connectivity index (χ1n) is 6.91. The Kier molecular flexibility index (Phi) is 3.90. The van der Waals surface area contributed by atoms with Crippen LogP contribution >= 0.6 is 11.6 Å². The number of nitrogens with zero attached hydrogens (tertiary/aromatic N) is 2. The molecular weight excluding hydrogens is 286 g/mol. The van der Waals surface area contributed by atoms with Crippen LogP contribution in [0, 0.1) is 0 Å². The van der Waals surface area contributed by atoms with E-state index in [1.807, 2.05) is 30.3 Å². The zero-order valence-electron chi connectivity index (χ0n) is 11.5. The van der Waals surface area contributed by atoms with Crippen LogP contribution in [0.15, 0.2) is 36.4 Å². The van der Waals surface area contributed by atoms with Gasteiger partial charge in [0.15, 0.2) is 0 Å². The number of pyridine rings is 1. The van der Waals surface area contributed by atoms with Gasteiger partial charge < -0.3 is 10.6 Å². The molecule has 0 saturated carbocycles. The summed E-state index contributed by atoms with van der Waals surface area (Å²) < 4.78 is 0. The molecule has 0 radical (unpaired) electrons. The zero-order chi connectivity index (χ0) is 14.8. The van der Waals surface area contributed by atoms with Gasteiger partial charge in [-0.05, 0) is 30.7 Å². The predicted octanol–water partition coefficient (Wildman–Crippen LogP) is 2.46. The number of fused-ring (bicyclic) bond motifs is 1. The maximum atomic E-state index is 12.0. The molecule has 3 rings (SSSR count). The van der Waals surface area contributed by atoms with Crippen molar-refractivity contribution in [3.05, 3.63) is 47.1 Å². The van der Waals surface area contributed by atoms with Crippen LogP contribution in [0.3, 0.4) is 0 Å². The number of nitrogens with two attached hydrogens (primary N) is 1. The largest absolute Gasteiger partial charge is 0.338 e. The second-order valence-corrected chi connectivity index (χ2v) is 5.68. The first-order valence-corrected chi connectivity index (χ1v) is 7.28. The molecule has 0 spiro atoms. The lowest BCUT2D eigenvalue weighted by Crippen LogP contribution is -2.30. The summed E-state index contributed by atoms with van der Waals surface area (Å²) in [7, 11) is 0. The van der Waals surface area contributed by atoms with E-state index in [1.54, 1.807) is 17.1 Å². The van der Waals surface area contributed by atoms with Crippen molar-refractivity contribution in [2.24, 2.45) is 5.73 Å². The molecule has 0 bridgehead atoms. The molecule has 2 aromatic rings. The highest BCUT2D eigenvalue weighted by Crippen LogP contribution is 2.18. The van der Waals surface area contributed by atoms with E-state index < -0.39 is 0 Å². The third kappa shape index (κ3) is 3.23. The van der Waals surface area contributed by atoms with Crippen molar-refractivity contribution >= 4 is 34.5 Å². The molecule has 4 nitrogen and oxygen atoms in total. The normalized spacial score (nSPS) is 18.8. The number of carbonyl (C=O) groups is 1. The Bertz CT molecular complexity index is 714. The highest BCUT2D eigenvalue weighted by Gasteiger charge is 2.21. The number of hydrogen-bond donors (Lipinski definition) is 1. The molecular formula is C16H16ClN3O. The van der Waals surface area contributed by atoms with Crippen LogP contribution in [-0.4, -0.2) is 34.9 Å². The summed E-state index contributed by atoms with van der Waals surface area (Å²) in [4.78, 5) is 18.3. The van der Waals surface area contributed by atoms with Crippen LogP contribution in [0.2, 0.25) is 5.02 Å². The number of likely N-dealkylation sites (tertiary alicyclic amines) is 1. The average Bonchev–Trinajstić information content (AvgIpc) is 2.91. The van der Waals surface area contributed by atoms with E-state index in [0.29, 0.717) is 11.6 Å². The molecule has 1 aromatic heterocycles. The lowest BCUT2D eigenvalue weighted by atomic mass is 10.2. The minimum Gasteiger partial charge on any atom is -0.338 e. The summed E-state index contributed by atoms with van der Waals surface area (Å²) in [5, 5.41) is 1.67. The SMILES string of the molecule is N[C@H]1CCN(C(=O)/C=C/c2ccc3ccc(Cl)cc3n2)C1. The van der Waals surface area contributed by atoms with Gasteiger partial charge in [-0.2, -0.15) is 0 Å². The third-order valence-electron chi connectivity index (χ3n) is 3.61. The van der Waals surface area contributed by atoms with Gasteiger partial charge in [-0.25, -0.2) is 4.98 Å². The second kappa shape index (κ2) is 5.84. The Morgan fingerprint density at radius 3 is 2.95 bits per heavy atom. The standard InChI is InChI=1S/C16H16ClN3O/c17-12-3-1-11-2-4-14(19-15(11)9-12)5-6-16(21)20-8-7-13(18)10-20/h1-6,9,13H,7-8,10,18H2/b6-5+/t13-/m0/s1. The van der Waals surface area contributed by atoms with Gasteiger partial charge in [0.05, 0.1) is 11.2 Å². The van der Waals surface area contributed by atoms with Gasteiger partial charge in [-0.3, -0.25) is 4.79 Å². The number of aromatic nitrogens is 1. The van der Waals surface area contributed by atoms with Gasteiger partial charge in [-0.1, -0.05) is 23.7 Å². The number of amides is 1. The number of benzene rings is 1. The molecule has 21 heavy (non-hydrogen) atoms. The Labute approximate surface area is 128 Å². The van der Waals surface area contributed by atoms with Crippen molar-refractivity contribution in [2.75, 3.05) is 13.1 Å². The minimum atomic E-state index is -0.0176. The Hall–Kier alpha value is -1.91. The first-order chi connectivity index (χ1) is 10.1. The Morgan fingerprint density at radius 1 is 1.38 bits per heavy atom. The van der Waals surface area contributed by atoms with E-state index >= 15 is 0 Å². The fourth-order valence-electron chi connectivity index (χ4n) is 2.45. The number of rotatable bonds is 2. The zero-order valence-corrected chi connectivity index (χ0v) is 12.3. The van der Waals surface area contributed by atoms with E-state index in [1.165, 1.54) is 0 Å². The van der Waals surface area contributed by atoms with Gasteiger partial charge in [0.25, 0.3) is 0 Å². The minimum absolute atomic E-state index is 0.0176. The smallest absolute Gasteiger partial charge is 0.246 e. The molecule has 1 saturated heterocycles. The molecule has 1 aromatic carbocycles. The quantitative estimate of drug-likeness (QED) is 0.867. The monoisotopic (exact) mass is 301 g/mol. The summed E-state index contributed by atoms with van der Waals surface area (Å²) >= 11 is 5.97. The Balaban J connectivity index is 1.77. The lowest BCUT2D eigenvalue weighted by molar-refractivity contribution is -0.124. The second-order valence-electron chi connectivity index (χ2n) is 5.24. The molecule has 1 aliphatic rings. The molecule has 0 aliphatic carbocycles. The van der Waals surface area contributed by atoms with Crippen molar-refractivity contribution < 1.29 is 4.79 Å². The molecule has 1 atom stereocenters. The topological polar surface area (TPSA) is 59.2 Å². The fourth-order valence-corrected chi connectivity index (χ4v) is 2.61. The van der Waals surface area contributed by atoms with Crippen LogP contribution in [0.4, 0.5) is 0 Å². The highest BCUT2D eigenvalue weighted by molar-refractivity contribution is 6.31. The van der Waals surface area contributed by atoms with E-state index in [0.717, 1.165) is 29.6 Å². The highest BCUT2D eigenvalue weighted by atomic mass is 35.5. The molecule has 5 heteroatoms. The summed E-state index contributed by atoms with van der Waals surface area (Å²) in [6, 6.07) is 9.53. The van der Waals surface area contributed by atoms with Crippen LogP contribution in [-0.2, 0) is 4.79 Å². The van der Waals surface area contributed by atoms with E-state index in [9.17, 15) is 4.79 Å². The van der Waals surface area contributed by atoms with Crippen LogP contribution < -0.4 is 5.73 Å². The Morgan fingerprint density at radius 2 is 2.19 bits per heavy atom. The van der Waals surface area contributed by atoms with Crippen molar-refractivity contribution in [1.29, 1.82) is 0 Å². The van der Waals surface area contributed by atoms with Crippen LogP contribution in [0.5, 0.6) is 0 Å². The number of carbonyl (C=O) groups excluding carboxylic acids is 1. The predicted molar refractivity (Wildman–Crippen MR) is 85.0 cm³/mol. The maximum Gasteiger partial charge on any atom is 0.246 e. The third-order valence-corrected chi connectivity index (χ3v) is 3.84. The van der Waals surface area contributed by atoms with Gasteiger partial charge >= 0.3 is 0 Å². The summed E-state index contributed by atoms with van der Waals surface area (Å²) in [5.41, 5.74) is 7.36. The summed E-state index contributed by atoms with van der Waals surface area (Å²) in [5.74, 6) is -0.0176. The maximum absolute atomic E-state index is 12.0. The molecule has 1 amide bonds. The number of hydrogen-bond acceptors (Lipinski definition) is 3. The van der Waals surface area contributed by atoms with E-state index in [2.05, 4.69) is 4.98 Å². The summed E-state index contributed by atoms with van der Waals surface area (Å²) in [6.07, 6.45) is 4.15. The van der Waals surface area contributed by atoms with Crippen molar-refractivity contribution in [3.8, 4) is 0 Å².